The zero-order valence-electron chi connectivity index (χ0n) is 8.79. The number of primary amides is 1. The zero-order valence-corrected chi connectivity index (χ0v) is 8.79. The van der Waals surface area contributed by atoms with Crippen molar-refractivity contribution in [3.05, 3.63) is 35.4 Å². The van der Waals surface area contributed by atoms with Crippen molar-refractivity contribution in [2.24, 2.45) is 11.7 Å². The third-order valence-electron chi connectivity index (χ3n) is 2.43. The van der Waals surface area contributed by atoms with E-state index in [1.807, 2.05) is 13.0 Å². The van der Waals surface area contributed by atoms with Crippen molar-refractivity contribution in [3.8, 4) is 0 Å². The van der Waals surface area contributed by atoms with Gasteiger partial charge in [-0.05, 0) is 25.3 Å². The van der Waals surface area contributed by atoms with Crippen molar-refractivity contribution in [2.75, 3.05) is 0 Å². The number of carbonyl (C=O) groups excluding carboxylic acids is 1. The minimum Gasteiger partial charge on any atom is -0.369 e. The maximum Gasteiger partial charge on any atom is 0.220 e. The maximum absolute atomic E-state index is 10.8. The van der Waals surface area contributed by atoms with Crippen molar-refractivity contribution in [2.45, 2.75) is 26.7 Å². The van der Waals surface area contributed by atoms with Gasteiger partial charge in [0, 0.05) is 5.92 Å². The van der Waals surface area contributed by atoms with E-state index in [1.54, 1.807) is 0 Å². The van der Waals surface area contributed by atoms with Gasteiger partial charge in [0.15, 0.2) is 0 Å². The molecular weight excluding hydrogens is 174 g/mol. The standard InChI is InChI=1S/C12H17NO/c1-9-4-3-5-11(8-9)7-6-10(2)12(13)14/h3-5,8,10H,6-7H2,1-2H3,(H2,13,14)/t10-/m0/s1. The van der Waals surface area contributed by atoms with Gasteiger partial charge in [0.25, 0.3) is 0 Å². The summed E-state index contributed by atoms with van der Waals surface area (Å²) in [6.07, 6.45) is 1.75. The third-order valence-corrected chi connectivity index (χ3v) is 2.43. The molecule has 1 aromatic carbocycles. The molecule has 0 aromatic heterocycles. The van der Waals surface area contributed by atoms with Crippen molar-refractivity contribution in [1.82, 2.24) is 0 Å². The number of benzene rings is 1. The molecule has 0 heterocycles. The van der Waals surface area contributed by atoms with E-state index in [-0.39, 0.29) is 11.8 Å². The van der Waals surface area contributed by atoms with Crippen LogP contribution in [0.3, 0.4) is 0 Å². The van der Waals surface area contributed by atoms with Gasteiger partial charge >= 0.3 is 0 Å². The lowest BCUT2D eigenvalue weighted by atomic mass is 10.00. The molecule has 2 nitrogen and oxygen atoms in total. The quantitative estimate of drug-likeness (QED) is 0.777. The minimum absolute atomic E-state index is 0.0319. The highest BCUT2D eigenvalue weighted by atomic mass is 16.1. The number of hydrogen-bond donors (Lipinski definition) is 1. The lowest BCUT2D eigenvalue weighted by Crippen LogP contribution is -2.20. The van der Waals surface area contributed by atoms with Crippen molar-refractivity contribution in [3.63, 3.8) is 0 Å². The van der Waals surface area contributed by atoms with Crippen molar-refractivity contribution >= 4 is 5.91 Å². The van der Waals surface area contributed by atoms with Crippen LogP contribution in [-0.4, -0.2) is 5.91 Å². The fourth-order valence-corrected chi connectivity index (χ4v) is 1.39. The van der Waals surface area contributed by atoms with Gasteiger partial charge in [0.05, 0.1) is 0 Å². The average Bonchev–Trinajstić information content (AvgIpc) is 2.14. The first-order chi connectivity index (χ1) is 6.59. The fourth-order valence-electron chi connectivity index (χ4n) is 1.39. The van der Waals surface area contributed by atoms with E-state index < -0.39 is 0 Å². The Morgan fingerprint density at radius 1 is 1.50 bits per heavy atom. The molecule has 0 radical (unpaired) electrons. The second-order valence-corrected chi connectivity index (χ2v) is 3.83. The summed E-state index contributed by atoms with van der Waals surface area (Å²) in [6, 6.07) is 8.34. The molecule has 0 aliphatic rings. The molecule has 1 aromatic rings. The molecule has 0 aliphatic carbocycles. The van der Waals surface area contributed by atoms with E-state index in [0.717, 1.165) is 12.8 Å². The Morgan fingerprint density at radius 2 is 2.21 bits per heavy atom. The average molecular weight is 191 g/mol. The summed E-state index contributed by atoms with van der Waals surface area (Å²) in [6.45, 7) is 3.94. The minimum atomic E-state index is -0.211. The summed E-state index contributed by atoms with van der Waals surface area (Å²) < 4.78 is 0. The lowest BCUT2D eigenvalue weighted by Gasteiger charge is -2.07. The van der Waals surface area contributed by atoms with Crippen LogP contribution in [0.4, 0.5) is 0 Å². The van der Waals surface area contributed by atoms with E-state index in [2.05, 4.69) is 25.1 Å². The zero-order chi connectivity index (χ0) is 10.6. The van der Waals surface area contributed by atoms with Gasteiger partial charge < -0.3 is 5.73 Å². The largest absolute Gasteiger partial charge is 0.369 e. The summed E-state index contributed by atoms with van der Waals surface area (Å²) in [7, 11) is 0. The summed E-state index contributed by atoms with van der Waals surface area (Å²) in [5, 5.41) is 0. The SMILES string of the molecule is Cc1cccc(CC[C@H](C)C(N)=O)c1. The molecule has 0 bridgehead atoms. The Morgan fingerprint density at radius 3 is 2.79 bits per heavy atom. The van der Waals surface area contributed by atoms with E-state index >= 15 is 0 Å². The number of aryl methyl sites for hydroxylation is 2. The lowest BCUT2D eigenvalue weighted by molar-refractivity contribution is -0.121. The fraction of sp³-hybridized carbons (Fsp3) is 0.417. The molecule has 2 heteroatoms. The second-order valence-electron chi connectivity index (χ2n) is 3.83. The predicted octanol–water partition coefficient (Wildman–Crippen LogP) is 2.05. The molecule has 0 saturated carbocycles. The highest BCUT2D eigenvalue weighted by Crippen LogP contribution is 2.10. The molecule has 0 unspecified atom stereocenters. The summed E-state index contributed by atoms with van der Waals surface area (Å²) >= 11 is 0. The van der Waals surface area contributed by atoms with E-state index in [1.165, 1.54) is 11.1 Å². The number of hydrogen-bond acceptors (Lipinski definition) is 1. The molecule has 0 aliphatic heterocycles. The molecule has 0 spiro atoms. The molecule has 76 valence electrons. The Kier molecular flexibility index (Phi) is 3.69. The Balaban J connectivity index is 2.49. The van der Waals surface area contributed by atoms with Crippen LogP contribution in [-0.2, 0) is 11.2 Å². The van der Waals surface area contributed by atoms with Gasteiger partial charge in [0.1, 0.15) is 0 Å². The molecule has 0 fully saturated rings. The van der Waals surface area contributed by atoms with Crippen LogP contribution in [0.1, 0.15) is 24.5 Å². The molecule has 14 heavy (non-hydrogen) atoms. The number of nitrogens with two attached hydrogens (primary N) is 1. The van der Waals surface area contributed by atoms with Gasteiger partial charge in [-0.2, -0.15) is 0 Å². The monoisotopic (exact) mass is 191 g/mol. The van der Waals surface area contributed by atoms with Crippen LogP contribution in [0.5, 0.6) is 0 Å². The summed E-state index contributed by atoms with van der Waals surface area (Å²) in [4.78, 5) is 10.8. The van der Waals surface area contributed by atoms with Crippen molar-refractivity contribution < 1.29 is 4.79 Å². The van der Waals surface area contributed by atoms with E-state index in [4.69, 9.17) is 5.73 Å². The highest BCUT2D eigenvalue weighted by molar-refractivity contribution is 5.76. The van der Waals surface area contributed by atoms with Crippen LogP contribution < -0.4 is 5.73 Å². The predicted molar refractivity (Wildman–Crippen MR) is 57.9 cm³/mol. The van der Waals surface area contributed by atoms with Gasteiger partial charge in [-0.3, -0.25) is 4.79 Å². The van der Waals surface area contributed by atoms with Gasteiger partial charge in [-0.25, -0.2) is 0 Å². The molecule has 2 N–H and O–H groups in total. The first kappa shape index (κ1) is 10.8. The van der Waals surface area contributed by atoms with Crippen LogP contribution in [0.25, 0.3) is 0 Å². The first-order valence-electron chi connectivity index (χ1n) is 4.94. The van der Waals surface area contributed by atoms with E-state index in [9.17, 15) is 4.79 Å². The summed E-state index contributed by atoms with van der Waals surface area (Å²) in [5.41, 5.74) is 7.73. The van der Waals surface area contributed by atoms with Gasteiger partial charge in [0.2, 0.25) is 5.91 Å². The normalized spacial score (nSPS) is 12.4. The molecule has 0 saturated heterocycles. The number of rotatable bonds is 4. The molecule has 1 rings (SSSR count). The van der Waals surface area contributed by atoms with Crippen LogP contribution in [0, 0.1) is 12.8 Å². The third kappa shape index (κ3) is 3.21. The van der Waals surface area contributed by atoms with Gasteiger partial charge in [-0.1, -0.05) is 36.8 Å². The van der Waals surface area contributed by atoms with Crippen LogP contribution in [0.2, 0.25) is 0 Å². The first-order valence-corrected chi connectivity index (χ1v) is 4.94. The van der Waals surface area contributed by atoms with Gasteiger partial charge in [-0.15, -0.1) is 0 Å². The molecule has 1 amide bonds. The smallest absolute Gasteiger partial charge is 0.220 e. The van der Waals surface area contributed by atoms with Crippen molar-refractivity contribution in [1.29, 1.82) is 0 Å². The Hall–Kier alpha value is -1.31. The topological polar surface area (TPSA) is 43.1 Å². The Labute approximate surface area is 85.1 Å². The Bertz CT molecular complexity index is 320. The number of amides is 1. The second kappa shape index (κ2) is 4.80. The van der Waals surface area contributed by atoms with Crippen LogP contribution in [0.15, 0.2) is 24.3 Å². The maximum atomic E-state index is 10.8. The number of carbonyl (C=O) groups is 1. The molecule has 1 atom stereocenters. The van der Waals surface area contributed by atoms with E-state index in [0.29, 0.717) is 0 Å². The molecular formula is C12H17NO. The highest BCUT2D eigenvalue weighted by Gasteiger charge is 2.07. The van der Waals surface area contributed by atoms with Crippen LogP contribution >= 0.6 is 0 Å². The summed E-state index contributed by atoms with van der Waals surface area (Å²) in [5.74, 6) is -0.242.